The zero-order valence-electron chi connectivity index (χ0n) is 14.8. The van der Waals surface area contributed by atoms with Gasteiger partial charge in [-0.15, -0.1) is 0 Å². The minimum atomic E-state index is 0.117. The van der Waals surface area contributed by atoms with Crippen LogP contribution >= 0.6 is 0 Å². The zero-order valence-corrected chi connectivity index (χ0v) is 14.8. The molecule has 1 unspecified atom stereocenters. The van der Waals surface area contributed by atoms with E-state index in [1.807, 2.05) is 47.4 Å². The van der Waals surface area contributed by atoms with Crippen molar-refractivity contribution in [3.8, 4) is 5.75 Å². The molecule has 2 aromatic rings. The molecule has 1 spiro atoms. The van der Waals surface area contributed by atoms with Gasteiger partial charge in [0.2, 0.25) is 0 Å². The van der Waals surface area contributed by atoms with Gasteiger partial charge in [-0.05, 0) is 48.9 Å². The lowest BCUT2D eigenvalue weighted by molar-refractivity contribution is 0.0427. The predicted molar refractivity (Wildman–Crippen MR) is 98.1 cm³/mol. The lowest BCUT2D eigenvalue weighted by Crippen LogP contribution is -2.43. The van der Waals surface area contributed by atoms with Gasteiger partial charge in [-0.3, -0.25) is 9.78 Å². The van der Waals surface area contributed by atoms with Crippen LogP contribution in [-0.4, -0.2) is 48.2 Å². The number of nitrogens with zero attached hydrogens (tertiary/aromatic N) is 2. The average Bonchev–Trinajstić information content (AvgIpc) is 3.10. The lowest BCUT2D eigenvalue weighted by Gasteiger charge is -2.38. The fraction of sp³-hybridized carbons (Fsp3) is 0.429. The Balaban J connectivity index is 1.28. The van der Waals surface area contributed by atoms with Gasteiger partial charge in [-0.2, -0.15) is 0 Å². The van der Waals surface area contributed by atoms with Gasteiger partial charge in [-0.1, -0.05) is 18.2 Å². The number of pyridine rings is 1. The van der Waals surface area contributed by atoms with E-state index in [4.69, 9.17) is 9.47 Å². The fourth-order valence-corrected chi connectivity index (χ4v) is 3.92. The molecule has 5 heteroatoms. The second-order valence-corrected chi connectivity index (χ2v) is 7.30. The topological polar surface area (TPSA) is 51.7 Å². The first-order valence-corrected chi connectivity index (χ1v) is 9.23. The van der Waals surface area contributed by atoms with Crippen LogP contribution in [0.25, 0.3) is 0 Å². The highest BCUT2D eigenvalue weighted by Crippen LogP contribution is 2.42. The maximum atomic E-state index is 12.6. The molecule has 0 bridgehead atoms. The predicted octanol–water partition coefficient (Wildman–Crippen LogP) is 3.17. The van der Waals surface area contributed by atoms with Crippen LogP contribution in [0.15, 0.2) is 54.9 Å². The number of ether oxygens (including phenoxy) is 2. The normalized spacial score (nSPS) is 21.7. The summed E-state index contributed by atoms with van der Waals surface area (Å²) in [6.45, 7) is 2.92. The molecule has 0 N–H and O–H groups in total. The number of hydrogen-bond acceptors (Lipinski definition) is 4. The van der Waals surface area contributed by atoms with Crippen LogP contribution in [0, 0.1) is 5.41 Å². The molecule has 1 aromatic heterocycles. The molecule has 1 amide bonds. The molecule has 1 atom stereocenters. The molecule has 26 heavy (non-hydrogen) atoms. The van der Waals surface area contributed by atoms with E-state index in [1.165, 1.54) is 0 Å². The number of carbonyl (C=O) groups is 1. The standard InChI is InChI=1S/C21H24N2O3/c24-20(17-5-2-1-3-6-17)23-11-8-21(9-12-23)13-19(26-16-21)15-25-18-7-4-10-22-14-18/h1-7,10,14,19H,8-9,11-13,15-16H2. The van der Waals surface area contributed by atoms with Crippen LogP contribution in [0.5, 0.6) is 5.75 Å². The molecule has 2 aliphatic rings. The number of aromatic nitrogens is 1. The lowest BCUT2D eigenvalue weighted by atomic mass is 9.76. The van der Waals surface area contributed by atoms with Gasteiger partial charge in [-0.25, -0.2) is 0 Å². The highest BCUT2D eigenvalue weighted by Gasteiger charge is 2.43. The van der Waals surface area contributed by atoms with Gasteiger partial charge in [0.1, 0.15) is 12.4 Å². The van der Waals surface area contributed by atoms with Crippen molar-refractivity contribution in [1.29, 1.82) is 0 Å². The third kappa shape index (κ3) is 3.73. The van der Waals surface area contributed by atoms with Gasteiger partial charge in [0, 0.05) is 24.8 Å². The van der Waals surface area contributed by atoms with Crippen LogP contribution in [0.3, 0.4) is 0 Å². The molecule has 2 fully saturated rings. The van der Waals surface area contributed by atoms with Crippen molar-refractivity contribution in [3.05, 3.63) is 60.4 Å². The van der Waals surface area contributed by atoms with Crippen molar-refractivity contribution < 1.29 is 14.3 Å². The minimum Gasteiger partial charge on any atom is -0.489 e. The molecule has 0 radical (unpaired) electrons. The average molecular weight is 352 g/mol. The third-order valence-corrected chi connectivity index (χ3v) is 5.49. The van der Waals surface area contributed by atoms with Gasteiger partial charge in [0.05, 0.1) is 18.9 Å². The van der Waals surface area contributed by atoms with Gasteiger partial charge < -0.3 is 14.4 Å². The summed E-state index contributed by atoms with van der Waals surface area (Å²) in [5.41, 5.74) is 0.963. The molecule has 2 saturated heterocycles. The second kappa shape index (κ2) is 7.46. The fourth-order valence-electron chi connectivity index (χ4n) is 3.92. The second-order valence-electron chi connectivity index (χ2n) is 7.30. The Morgan fingerprint density at radius 3 is 2.73 bits per heavy atom. The first-order chi connectivity index (χ1) is 12.7. The Morgan fingerprint density at radius 2 is 2.00 bits per heavy atom. The third-order valence-electron chi connectivity index (χ3n) is 5.49. The summed E-state index contributed by atoms with van der Waals surface area (Å²) in [4.78, 5) is 18.6. The molecular weight excluding hydrogens is 328 g/mol. The monoisotopic (exact) mass is 352 g/mol. The maximum Gasteiger partial charge on any atom is 0.253 e. The summed E-state index contributed by atoms with van der Waals surface area (Å²) in [5, 5.41) is 0. The number of carbonyl (C=O) groups excluding carboxylic acids is 1. The Kier molecular flexibility index (Phi) is 4.89. The largest absolute Gasteiger partial charge is 0.489 e. The van der Waals surface area contributed by atoms with E-state index in [2.05, 4.69) is 4.98 Å². The minimum absolute atomic E-state index is 0.117. The summed E-state index contributed by atoms with van der Waals surface area (Å²) >= 11 is 0. The molecule has 2 aliphatic heterocycles. The number of likely N-dealkylation sites (tertiary alicyclic amines) is 1. The Morgan fingerprint density at radius 1 is 1.19 bits per heavy atom. The molecular formula is C21H24N2O3. The van der Waals surface area contributed by atoms with Crippen LogP contribution in [0.4, 0.5) is 0 Å². The highest BCUT2D eigenvalue weighted by molar-refractivity contribution is 5.94. The molecule has 0 aliphatic carbocycles. The number of amides is 1. The number of piperidine rings is 1. The van der Waals surface area contributed by atoms with Crippen molar-refractivity contribution in [2.75, 3.05) is 26.3 Å². The summed E-state index contributed by atoms with van der Waals surface area (Å²) in [5.74, 6) is 0.913. The number of rotatable bonds is 4. The van der Waals surface area contributed by atoms with Crippen LogP contribution < -0.4 is 4.74 Å². The van der Waals surface area contributed by atoms with Crippen LogP contribution in [-0.2, 0) is 4.74 Å². The van der Waals surface area contributed by atoms with Crippen molar-refractivity contribution in [1.82, 2.24) is 9.88 Å². The van der Waals surface area contributed by atoms with Gasteiger partial charge in [0.15, 0.2) is 0 Å². The smallest absolute Gasteiger partial charge is 0.253 e. The first-order valence-electron chi connectivity index (χ1n) is 9.23. The Bertz CT molecular complexity index is 727. The molecule has 136 valence electrons. The van der Waals surface area contributed by atoms with E-state index in [1.54, 1.807) is 12.4 Å². The summed E-state index contributed by atoms with van der Waals surface area (Å²) in [6.07, 6.45) is 6.56. The van der Waals surface area contributed by atoms with Crippen LogP contribution in [0.1, 0.15) is 29.6 Å². The van der Waals surface area contributed by atoms with Crippen molar-refractivity contribution in [3.63, 3.8) is 0 Å². The number of hydrogen-bond donors (Lipinski definition) is 0. The van der Waals surface area contributed by atoms with E-state index in [0.29, 0.717) is 6.61 Å². The quantitative estimate of drug-likeness (QED) is 0.848. The van der Waals surface area contributed by atoms with Crippen molar-refractivity contribution in [2.24, 2.45) is 5.41 Å². The Labute approximate surface area is 153 Å². The summed E-state index contributed by atoms with van der Waals surface area (Å²) in [6, 6.07) is 13.3. The maximum absolute atomic E-state index is 12.6. The van der Waals surface area contributed by atoms with E-state index in [9.17, 15) is 4.79 Å². The van der Waals surface area contributed by atoms with Gasteiger partial charge >= 0.3 is 0 Å². The van der Waals surface area contributed by atoms with E-state index < -0.39 is 0 Å². The summed E-state index contributed by atoms with van der Waals surface area (Å²) < 4.78 is 11.8. The summed E-state index contributed by atoms with van der Waals surface area (Å²) in [7, 11) is 0. The first kappa shape index (κ1) is 17.0. The number of benzene rings is 1. The molecule has 3 heterocycles. The van der Waals surface area contributed by atoms with Crippen molar-refractivity contribution in [2.45, 2.75) is 25.4 Å². The SMILES string of the molecule is O=C(c1ccccc1)N1CCC2(CC1)COC(COc1cccnc1)C2. The van der Waals surface area contributed by atoms with E-state index >= 15 is 0 Å². The van der Waals surface area contributed by atoms with Gasteiger partial charge in [0.25, 0.3) is 5.91 Å². The van der Waals surface area contributed by atoms with Crippen molar-refractivity contribution >= 4 is 5.91 Å². The highest BCUT2D eigenvalue weighted by atomic mass is 16.5. The zero-order chi connectivity index (χ0) is 17.8. The molecule has 4 rings (SSSR count). The van der Waals surface area contributed by atoms with Crippen LogP contribution in [0.2, 0.25) is 0 Å². The Hall–Kier alpha value is -2.40. The molecule has 5 nitrogen and oxygen atoms in total. The van der Waals surface area contributed by atoms with E-state index in [-0.39, 0.29) is 17.4 Å². The molecule has 1 aromatic carbocycles. The van der Waals surface area contributed by atoms with E-state index in [0.717, 1.165) is 50.3 Å². The molecule has 0 saturated carbocycles.